The molecule has 1 heterocycles. The molecule has 3 rings (SSSR count). The number of rotatable bonds is 15. The Labute approximate surface area is 238 Å². The number of nitrogens with zero attached hydrogens (tertiary/aromatic N) is 3. The summed E-state index contributed by atoms with van der Waals surface area (Å²) in [6.07, 6.45) is -5.19. The molecule has 0 aliphatic carbocycles. The summed E-state index contributed by atoms with van der Waals surface area (Å²) in [6.45, 7) is 3.57. The first-order chi connectivity index (χ1) is 19.1. The maximum Gasteiger partial charge on any atom is 0.492 e. The Kier molecular flexibility index (Phi) is 12.0. The van der Waals surface area contributed by atoms with Gasteiger partial charge in [-0.15, -0.1) is 0 Å². The van der Waals surface area contributed by atoms with Gasteiger partial charge in [0.2, 0.25) is 0 Å². The van der Waals surface area contributed by atoms with Gasteiger partial charge in [0.05, 0.1) is 51.9 Å². The van der Waals surface area contributed by atoms with Gasteiger partial charge in [-0.2, -0.15) is 13.2 Å². The third kappa shape index (κ3) is 8.08. The molecular weight excluding hydrogens is 575 g/mol. The predicted octanol–water partition coefficient (Wildman–Crippen LogP) is 4.40. The molecule has 14 heteroatoms. The third-order valence-corrected chi connectivity index (χ3v) is 8.01. The van der Waals surface area contributed by atoms with Crippen molar-refractivity contribution in [2.75, 3.05) is 90.8 Å². The van der Waals surface area contributed by atoms with Crippen LogP contribution < -0.4 is 15.2 Å². The van der Waals surface area contributed by atoms with Crippen LogP contribution in [-0.2, 0) is 27.9 Å². The molecule has 0 fully saturated rings. The van der Waals surface area contributed by atoms with Gasteiger partial charge >= 0.3 is 12.1 Å². The summed E-state index contributed by atoms with van der Waals surface area (Å²) < 4.78 is 66.6. The van der Waals surface area contributed by atoms with Crippen molar-refractivity contribution >= 4 is 45.4 Å². The summed E-state index contributed by atoms with van der Waals surface area (Å²) >= 11 is 6.64. The Morgan fingerprint density at radius 3 is 1.88 bits per heavy atom. The zero-order chi connectivity index (χ0) is 29.3. The number of methoxy groups -OCH3 is 4. The first-order valence-corrected chi connectivity index (χ1v) is 13.9. The smallest absolute Gasteiger partial charge is 0.388 e. The fourth-order valence-corrected chi connectivity index (χ4v) is 6.00. The summed E-state index contributed by atoms with van der Waals surface area (Å²) in [6, 6.07) is 8.50. The topological polar surface area (TPSA) is 82.1 Å². The lowest BCUT2D eigenvalue weighted by Crippen LogP contribution is -2.31. The lowest BCUT2D eigenvalue weighted by Gasteiger charge is -2.27. The van der Waals surface area contributed by atoms with E-state index in [0.29, 0.717) is 73.8 Å². The minimum absolute atomic E-state index is 0.212. The number of halogens is 4. The lowest BCUT2D eigenvalue weighted by molar-refractivity contribution is -0.188. The van der Waals surface area contributed by atoms with Crippen LogP contribution in [0.4, 0.5) is 30.2 Å². The molecule has 1 atom stereocenters. The quantitative estimate of drug-likeness (QED) is 0.276. The fraction of sp³-hybridized carbons (Fsp3) is 0.500. The number of carbonyl (C=O) groups excluding carboxylic acids is 1. The van der Waals surface area contributed by atoms with Crippen LogP contribution >= 0.6 is 22.4 Å². The van der Waals surface area contributed by atoms with E-state index in [0.717, 1.165) is 0 Å². The number of anilines is 2. The minimum atomic E-state index is -5.19. The summed E-state index contributed by atoms with van der Waals surface area (Å²) in [7, 11) is 4.51. The highest BCUT2D eigenvalue weighted by atomic mass is 35.5. The van der Waals surface area contributed by atoms with E-state index in [1.165, 1.54) is 0 Å². The molecule has 222 valence electrons. The van der Waals surface area contributed by atoms with Crippen molar-refractivity contribution in [3.05, 3.63) is 45.2 Å². The van der Waals surface area contributed by atoms with Crippen LogP contribution in [0.15, 0.2) is 40.2 Å². The standard InChI is InChI=1S/C26H33ClF3N3O6S/c1-35-11-7-32(8-12-36-2)18-5-6-21-22(16-18)40(39-25(34)26(28,29)30)23-17-19(15-20(27)24(23)31-21)33(9-13-37-3)10-14-38-4/h5-6,15-17H,7-14H2,1-4H3. The summed E-state index contributed by atoms with van der Waals surface area (Å²) in [5.74, 6) is -2.30. The molecule has 1 aliphatic heterocycles. The van der Waals surface area contributed by atoms with Crippen LogP contribution in [0, 0.1) is 4.51 Å². The van der Waals surface area contributed by atoms with Crippen molar-refractivity contribution in [2.45, 2.75) is 11.1 Å². The number of ether oxygens (including phenoxy) is 4. The third-order valence-electron chi connectivity index (χ3n) is 5.97. The highest BCUT2D eigenvalue weighted by Crippen LogP contribution is 2.47. The molecule has 0 N–H and O–H groups in total. The van der Waals surface area contributed by atoms with Gasteiger partial charge in [-0.1, -0.05) is 11.6 Å². The van der Waals surface area contributed by atoms with Gasteiger partial charge in [0.25, 0.3) is 0 Å². The molecule has 0 spiro atoms. The van der Waals surface area contributed by atoms with Crippen molar-refractivity contribution < 1.29 is 41.1 Å². The van der Waals surface area contributed by atoms with Crippen LogP contribution in [-0.4, -0.2) is 93.2 Å². The van der Waals surface area contributed by atoms with Crippen molar-refractivity contribution in [2.24, 2.45) is 4.99 Å². The SMILES string of the molecule is COCCN(CCOC)c1cc(Cl)c2c(c1)S(OC(=O)C(F)(F)F)=c1cc(N(CCOC)CCOC)ccc1=N2. The van der Waals surface area contributed by atoms with Gasteiger partial charge in [-0.25, -0.2) is 9.79 Å². The lowest BCUT2D eigenvalue weighted by atomic mass is 10.2. The van der Waals surface area contributed by atoms with Gasteiger partial charge in [0.15, 0.2) is 0 Å². The normalized spacial score (nSPS) is 14.2. The maximum atomic E-state index is 13.4. The van der Waals surface area contributed by atoms with Crippen molar-refractivity contribution in [3.63, 3.8) is 0 Å². The molecule has 0 bridgehead atoms. The second-order valence-electron chi connectivity index (χ2n) is 8.62. The van der Waals surface area contributed by atoms with E-state index in [-0.39, 0.29) is 15.6 Å². The highest BCUT2D eigenvalue weighted by molar-refractivity contribution is 8.05. The molecule has 0 aromatic heterocycles. The van der Waals surface area contributed by atoms with Crippen molar-refractivity contribution in [1.82, 2.24) is 0 Å². The van der Waals surface area contributed by atoms with Gasteiger partial charge < -0.3 is 32.9 Å². The molecule has 0 radical (unpaired) electrons. The Bertz CT molecular complexity index is 1280. The average molecular weight is 608 g/mol. The van der Waals surface area contributed by atoms with Crippen LogP contribution in [0.2, 0.25) is 5.02 Å². The highest BCUT2D eigenvalue weighted by Gasteiger charge is 2.42. The van der Waals surface area contributed by atoms with E-state index < -0.39 is 22.9 Å². The van der Waals surface area contributed by atoms with E-state index in [9.17, 15) is 18.0 Å². The molecular formula is C26H33ClF3N3O6S. The summed E-state index contributed by atoms with van der Waals surface area (Å²) in [4.78, 5) is 21.0. The number of fused-ring (bicyclic) bond motifs is 2. The van der Waals surface area contributed by atoms with E-state index in [1.807, 2.05) is 9.80 Å². The average Bonchev–Trinajstić information content (AvgIpc) is 2.92. The van der Waals surface area contributed by atoms with Gasteiger partial charge in [0, 0.05) is 76.8 Å². The molecule has 9 nitrogen and oxygen atoms in total. The van der Waals surface area contributed by atoms with Crippen LogP contribution in [0.25, 0.3) is 0 Å². The van der Waals surface area contributed by atoms with Crippen LogP contribution in [0.1, 0.15) is 0 Å². The number of hydrogen-bond acceptors (Lipinski definition) is 9. The Morgan fingerprint density at radius 2 is 1.38 bits per heavy atom. The van der Waals surface area contributed by atoms with Crippen molar-refractivity contribution in [3.8, 4) is 0 Å². The number of carbonyl (C=O) groups is 1. The first kappa shape index (κ1) is 32.1. The number of benzene rings is 2. The second-order valence-corrected chi connectivity index (χ2v) is 10.6. The molecule has 1 aliphatic rings. The molecule has 2 aromatic carbocycles. The Hall–Kier alpha value is -2.42. The summed E-state index contributed by atoms with van der Waals surface area (Å²) in [5.41, 5.74) is 1.55. The molecule has 1 unspecified atom stereocenters. The Balaban J connectivity index is 2.23. The Morgan fingerprint density at radius 1 is 0.850 bits per heavy atom. The monoisotopic (exact) mass is 607 g/mol. The van der Waals surface area contributed by atoms with Gasteiger partial charge in [-0.05, 0) is 30.3 Å². The zero-order valence-corrected chi connectivity index (χ0v) is 24.3. The summed E-state index contributed by atoms with van der Waals surface area (Å²) in [5, 5.41) is 0.572. The molecule has 0 amide bonds. The number of hydrogen-bond donors (Lipinski definition) is 0. The molecule has 2 aromatic rings. The minimum Gasteiger partial charge on any atom is -0.388 e. The van der Waals surface area contributed by atoms with E-state index in [1.54, 1.807) is 58.8 Å². The second kappa shape index (κ2) is 15.0. The predicted molar refractivity (Wildman–Crippen MR) is 147 cm³/mol. The molecule has 0 saturated heterocycles. The van der Waals surface area contributed by atoms with E-state index in [4.69, 9.17) is 34.7 Å². The fourth-order valence-electron chi connectivity index (χ4n) is 3.93. The van der Waals surface area contributed by atoms with Gasteiger partial charge in [0.1, 0.15) is 0 Å². The maximum absolute atomic E-state index is 13.4. The largest absolute Gasteiger partial charge is 0.492 e. The first-order valence-electron chi connectivity index (χ1n) is 12.3. The zero-order valence-electron chi connectivity index (χ0n) is 22.8. The van der Waals surface area contributed by atoms with Gasteiger partial charge in [-0.3, -0.25) is 0 Å². The van der Waals surface area contributed by atoms with Crippen molar-refractivity contribution in [1.29, 1.82) is 0 Å². The molecule has 40 heavy (non-hydrogen) atoms. The van der Waals surface area contributed by atoms with Crippen LogP contribution in [0.5, 0.6) is 0 Å². The van der Waals surface area contributed by atoms with E-state index in [2.05, 4.69) is 4.99 Å². The molecule has 0 saturated carbocycles. The van der Waals surface area contributed by atoms with Crippen LogP contribution in [0.3, 0.4) is 0 Å². The number of alkyl halides is 3. The van der Waals surface area contributed by atoms with E-state index >= 15 is 0 Å².